The molecule has 1 fully saturated rings. The van der Waals surface area contributed by atoms with Crippen molar-refractivity contribution in [3.8, 4) is 5.75 Å². The fourth-order valence-corrected chi connectivity index (χ4v) is 3.76. The predicted octanol–water partition coefficient (Wildman–Crippen LogP) is 3.20. The number of anilines is 2. The average Bonchev–Trinajstić information content (AvgIpc) is 2.91. The number of para-hydroxylation sites is 1. The van der Waals surface area contributed by atoms with Gasteiger partial charge in [0.1, 0.15) is 11.4 Å². The number of methoxy groups -OCH3 is 1. The Balaban J connectivity index is 1.90. The van der Waals surface area contributed by atoms with Crippen LogP contribution >= 0.6 is 0 Å². The van der Waals surface area contributed by atoms with Gasteiger partial charge in [-0.1, -0.05) is 12.1 Å². The highest BCUT2D eigenvalue weighted by atomic mass is 16.5. The minimum absolute atomic E-state index is 0.0518. The second-order valence-corrected chi connectivity index (χ2v) is 6.30. The number of hydrogen-bond acceptors (Lipinski definition) is 3. The summed E-state index contributed by atoms with van der Waals surface area (Å²) in [7, 11) is 1.61. The average molecular weight is 322 g/mol. The van der Waals surface area contributed by atoms with Crippen LogP contribution in [-0.2, 0) is 4.79 Å². The van der Waals surface area contributed by atoms with Gasteiger partial charge in [0.15, 0.2) is 0 Å². The molecule has 2 aliphatic heterocycles. The molecule has 0 bridgehead atoms. The van der Waals surface area contributed by atoms with Crippen LogP contribution in [0.15, 0.2) is 48.5 Å². The van der Waals surface area contributed by atoms with E-state index in [9.17, 15) is 9.59 Å². The molecule has 4 rings (SSSR count). The number of fused-ring (bicyclic) bond motifs is 3. The molecule has 0 saturated carbocycles. The number of rotatable bonds is 2. The second-order valence-electron chi connectivity index (χ2n) is 6.30. The number of amides is 2. The minimum Gasteiger partial charge on any atom is -0.497 e. The van der Waals surface area contributed by atoms with Gasteiger partial charge in [-0.3, -0.25) is 19.4 Å². The number of ether oxygens (including phenoxy) is 1. The van der Waals surface area contributed by atoms with Crippen molar-refractivity contribution < 1.29 is 14.3 Å². The third kappa shape index (κ3) is 1.87. The zero-order valence-electron chi connectivity index (χ0n) is 13.7. The molecule has 122 valence electrons. The molecule has 0 N–H and O–H groups in total. The van der Waals surface area contributed by atoms with E-state index >= 15 is 0 Å². The van der Waals surface area contributed by atoms with Gasteiger partial charge in [0.2, 0.25) is 5.91 Å². The normalized spacial score (nSPS) is 22.4. The molecule has 1 unspecified atom stereocenters. The van der Waals surface area contributed by atoms with Gasteiger partial charge in [0.25, 0.3) is 5.91 Å². The number of nitrogens with zero attached hydrogens (tertiary/aromatic N) is 2. The fraction of sp³-hybridized carbons (Fsp3) is 0.263. The van der Waals surface area contributed by atoms with E-state index in [4.69, 9.17) is 4.74 Å². The third-order valence-electron chi connectivity index (χ3n) is 4.93. The Morgan fingerprint density at radius 2 is 1.71 bits per heavy atom. The number of hydrogen-bond donors (Lipinski definition) is 0. The SMILES string of the molecule is COc1ccc(N2C(=O)c3ccccc3N3C(=O)CCC23C)cc1. The van der Waals surface area contributed by atoms with Crippen LogP contribution < -0.4 is 14.5 Å². The van der Waals surface area contributed by atoms with Crippen LogP contribution in [0.2, 0.25) is 0 Å². The highest BCUT2D eigenvalue weighted by Gasteiger charge is 2.53. The van der Waals surface area contributed by atoms with Crippen molar-refractivity contribution in [2.45, 2.75) is 25.4 Å². The molecular weight excluding hydrogens is 304 g/mol. The molecule has 2 amide bonds. The van der Waals surface area contributed by atoms with E-state index in [-0.39, 0.29) is 11.8 Å². The summed E-state index contributed by atoms with van der Waals surface area (Å²) in [5.74, 6) is 0.702. The van der Waals surface area contributed by atoms with Crippen molar-refractivity contribution in [3.63, 3.8) is 0 Å². The van der Waals surface area contributed by atoms with Crippen molar-refractivity contribution in [1.82, 2.24) is 0 Å². The second kappa shape index (κ2) is 5.09. The lowest BCUT2D eigenvalue weighted by Gasteiger charge is -2.48. The molecule has 1 atom stereocenters. The Morgan fingerprint density at radius 3 is 2.42 bits per heavy atom. The fourth-order valence-electron chi connectivity index (χ4n) is 3.76. The van der Waals surface area contributed by atoms with Crippen LogP contribution in [0.5, 0.6) is 5.75 Å². The monoisotopic (exact) mass is 322 g/mol. The lowest BCUT2D eigenvalue weighted by molar-refractivity contribution is -0.117. The van der Waals surface area contributed by atoms with E-state index in [2.05, 4.69) is 0 Å². The molecule has 2 aliphatic rings. The number of carbonyl (C=O) groups is 2. The van der Waals surface area contributed by atoms with Gasteiger partial charge < -0.3 is 4.74 Å². The first-order valence-corrected chi connectivity index (χ1v) is 7.97. The van der Waals surface area contributed by atoms with E-state index < -0.39 is 5.66 Å². The molecule has 0 aliphatic carbocycles. The topological polar surface area (TPSA) is 49.9 Å². The quantitative estimate of drug-likeness (QED) is 0.853. The summed E-state index contributed by atoms with van der Waals surface area (Å²) in [6.45, 7) is 1.95. The van der Waals surface area contributed by atoms with Crippen molar-refractivity contribution in [3.05, 3.63) is 54.1 Å². The maximum atomic E-state index is 13.2. The number of benzene rings is 2. The molecule has 5 nitrogen and oxygen atoms in total. The summed E-state index contributed by atoms with van der Waals surface area (Å²) < 4.78 is 5.20. The number of carbonyl (C=O) groups excluding carboxylic acids is 2. The highest BCUT2D eigenvalue weighted by molar-refractivity contribution is 6.17. The molecule has 2 aromatic rings. The first kappa shape index (κ1) is 14.8. The zero-order chi connectivity index (χ0) is 16.9. The van der Waals surface area contributed by atoms with Gasteiger partial charge in [-0.2, -0.15) is 0 Å². The molecule has 2 aromatic carbocycles. The lowest BCUT2D eigenvalue weighted by atomic mass is 9.97. The Morgan fingerprint density at radius 1 is 1.00 bits per heavy atom. The molecule has 24 heavy (non-hydrogen) atoms. The van der Waals surface area contributed by atoms with Crippen molar-refractivity contribution >= 4 is 23.2 Å². The molecule has 0 aromatic heterocycles. The van der Waals surface area contributed by atoms with E-state index in [0.29, 0.717) is 24.1 Å². The predicted molar refractivity (Wildman–Crippen MR) is 91.4 cm³/mol. The lowest BCUT2D eigenvalue weighted by Crippen LogP contribution is -2.62. The molecule has 0 spiro atoms. The van der Waals surface area contributed by atoms with Crippen LogP contribution in [0.4, 0.5) is 11.4 Å². The Hall–Kier alpha value is -2.82. The summed E-state index contributed by atoms with van der Waals surface area (Å²) in [5, 5.41) is 0. The van der Waals surface area contributed by atoms with Gasteiger partial charge >= 0.3 is 0 Å². The maximum Gasteiger partial charge on any atom is 0.262 e. The molecule has 5 heteroatoms. The maximum absolute atomic E-state index is 13.2. The summed E-state index contributed by atoms with van der Waals surface area (Å²) >= 11 is 0. The van der Waals surface area contributed by atoms with Crippen LogP contribution in [0.1, 0.15) is 30.1 Å². The van der Waals surface area contributed by atoms with Gasteiger partial charge in [0, 0.05) is 12.1 Å². The van der Waals surface area contributed by atoms with E-state index in [0.717, 1.165) is 11.4 Å². The van der Waals surface area contributed by atoms with Crippen LogP contribution in [0.25, 0.3) is 0 Å². The molecule has 0 radical (unpaired) electrons. The Bertz CT molecular complexity index is 831. The summed E-state index contributed by atoms with van der Waals surface area (Å²) in [4.78, 5) is 29.2. The molecular formula is C19H18N2O3. The molecule has 2 heterocycles. The van der Waals surface area contributed by atoms with E-state index in [1.807, 2.05) is 49.4 Å². The van der Waals surface area contributed by atoms with Crippen LogP contribution in [-0.4, -0.2) is 24.6 Å². The van der Waals surface area contributed by atoms with E-state index in [1.54, 1.807) is 23.0 Å². The first-order valence-electron chi connectivity index (χ1n) is 7.97. The van der Waals surface area contributed by atoms with Gasteiger partial charge in [0.05, 0.1) is 18.4 Å². The summed E-state index contributed by atoms with van der Waals surface area (Å²) in [6, 6.07) is 14.7. The highest BCUT2D eigenvalue weighted by Crippen LogP contribution is 2.46. The van der Waals surface area contributed by atoms with Crippen molar-refractivity contribution in [2.24, 2.45) is 0 Å². The van der Waals surface area contributed by atoms with Gasteiger partial charge in [-0.15, -0.1) is 0 Å². The van der Waals surface area contributed by atoms with Crippen molar-refractivity contribution in [2.75, 3.05) is 16.9 Å². The minimum atomic E-state index is -0.683. The third-order valence-corrected chi connectivity index (χ3v) is 4.93. The summed E-state index contributed by atoms with van der Waals surface area (Å²) in [5.41, 5.74) is 1.34. The zero-order valence-corrected chi connectivity index (χ0v) is 13.7. The summed E-state index contributed by atoms with van der Waals surface area (Å²) in [6.07, 6.45) is 1.04. The van der Waals surface area contributed by atoms with E-state index in [1.165, 1.54) is 0 Å². The standard InChI is InChI=1S/C19H18N2O3/c1-19-12-11-17(22)21(19)16-6-4-3-5-15(16)18(23)20(19)13-7-9-14(24-2)10-8-13/h3-10H,11-12H2,1-2H3. The van der Waals surface area contributed by atoms with Crippen LogP contribution in [0.3, 0.4) is 0 Å². The van der Waals surface area contributed by atoms with Gasteiger partial charge in [-0.25, -0.2) is 0 Å². The Labute approximate surface area is 140 Å². The van der Waals surface area contributed by atoms with Gasteiger partial charge in [-0.05, 0) is 49.7 Å². The first-order chi connectivity index (χ1) is 11.6. The van der Waals surface area contributed by atoms with Crippen LogP contribution in [0, 0.1) is 0 Å². The van der Waals surface area contributed by atoms with Crippen molar-refractivity contribution in [1.29, 1.82) is 0 Å². The smallest absolute Gasteiger partial charge is 0.262 e. The molecule has 1 saturated heterocycles. The largest absolute Gasteiger partial charge is 0.497 e. The Kier molecular flexibility index (Phi) is 3.13.